The van der Waals surface area contributed by atoms with E-state index in [4.69, 9.17) is 0 Å². The van der Waals surface area contributed by atoms with E-state index in [1.807, 2.05) is 18.2 Å². The summed E-state index contributed by atoms with van der Waals surface area (Å²) < 4.78 is 0. The van der Waals surface area contributed by atoms with Crippen molar-refractivity contribution in [3.05, 3.63) is 35.9 Å². The molecular weight excluding hydrogens is 194 g/mol. The highest BCUT2D eigenvalue weighted by atomic mass is 16.2. The molecule has 0 atom stereocenters. The van der Waals surface area contributed by atoms with Crippen LogP contribution in [0, 0.1) is 0 Å². The minimum Gasteiger partial charge on any atom is -0.340 e. The van der Waals surface area contributed by atoms with Crippen LogP contribution in [0.4, 0.5) is 0 Å². The van der Waals surface area contributed by atoms with E-state index in [9.17, 15) is 14.4 Å². The fourth-order valence-corrected chi connectivity index (χ4v) is 1.12. The van der Waals surface area contributed by atoms with Gasteiger partial charge in [-0.1, -0.05) is 30.3 Å². The van der Waals surface area contributed by atoms with Crippen molar-refractivity contribution in [2.75, 3.05) is 0 Å². The zero-order valence-electron chi connectivity index (χ0n) is 8.05. The zero-order valence-corrected chi connectivity index (χ0v) is 8.05. The summed E-state index contributed by atoms with van der Waals surface area (Å²) in [5.74, 6) is -0.342. The first-order valence-electron chi connectivity index (χ1n) is 4.50. The monoisotopic (exact) mass is 205 g/mol. The second-order valence-electron chi connectivity index (χ2n) is 3.03. The van der Waals surface area contributed by atoms with Crippen LogP contribution in [0.1, 0.15) is 5.56 Å². The van der Waals surface area contributed by atoms with Crippen LogP contribution in [0.5, 0.6) is 0 Å². The molecule has 78 valence electrons. The number of aldehydes is 2. The van der Waals surface area contributed by atoms with Crippen LogP contribution >= 0.6 is 0 Å². The molecule has 0 bridgehead atoms. The quantitative estimate of drug-likeness (QED) is 0.548. The van der Waals surface area contributed by atoms with Gasteiger partial charge in [-0.05, 0) is 5.56 Å². The molecule has 0 saturated carbocycles. The second kappa shape index (κ2) is 5.70. The van der Waals surface area contributed by atoms with E-state index in [1.54, 1.807) is 12.1 Å². The first kappa shape index (κ1) is 11.1. The van der Waals surface area contributed by atoms with E-state index in [0.29, 0.717) is 12.6 Å². The van der Waals surface area contributed by atoms with Crippen molar-refractivity contribution in [2.24, 2.45) is 0 Å². The zero-order chi connectivity index (χ0) is 11.1. The summed E-state index contributed by atoms with van der Waals surface area (Å²) in [6.07, 6.45) is 0.963. The van der Waals surface area contributed by atoms with E-state index in [-0.39, 0.29) is 12.3 Å². The normalized spacial score (nSPS) is 9.67. The highest BCUT2D eigenvalue weighted by Gasteiger charge is 2.09. The number of carbonyl (C=O) groups is 3. The lowest BCUT2D eigenvalue weighted by Gasteiger charge is -2.05. The molecule has 1 aromatic carbocycles. The van der Waals surface area contributed by atoms with Crippen LogP contribution < -0.4 is 5.32 Å². The van der Waals surface area contributed by atoms with Gasteiger partial charge in [-0.2, -0.15) is 0 Å². The topological polar surface area (TPSA) is 63.2 Å². The van der Waals surface area contributed by atoms with Crippen LogP contribution in [0.3, 0.4) is 0 Å². The van der Waals surface area contributed by atoms with Crippen LogP contribution in [0.2, 0.25) is 0 Å². The third-order valence-corrected chi connectivity index (χ3v) is 1.83. The number of amides is 1. The molecular formula is C11H11NO3. The highest BCUT2D eigenvalue weighted by molar-refractivity contribution is 5.90. The van der Waals surface area contributed by atoms with Crippen molar-refractivity contribution >= 4 is 18.5 Å². The van der Waals surface area contributed by atoms with Gasteiger partial charge in [0.25, 0.3) is 0 Å². The second-order valence-corrected chi connectivity index (χ2v) is 3.03. The Morgan fingerprint density at radius 1 is 1.20 bits per heavy atom. The Balaban J connectivity index is 2.49. The minimum absolute atomic E-state index is 0.166. The summed E-state index contributed by atoms with van der Waals surface area (Å²) in [4.78, 5) is 31.9. The minimum atomic E-state index is -1.04. The predicted octanol–water partition coefficient (Wildman–Crippen LogP) is 0.112. The maximum Gasteiger partial charge on any atom is 0.225 e. The number of nitrogens with one attached hydrogen (secondary N) is 1. The van der Waals surface area contributed by atoms with Gasteiger partial charge in [0.05, 0.1) is 6.42 Å². The summed E-state index contributed by atoms with van der Waals surface area (Å²) >= 11 is 0. The molecule has 0 aliphatic heterocycles. The van der Waals surface area contributed by atoms with Gasteiger partial charge in [0.15, 0.2) is 0 Å². The van der Waals surface area contributed by atoms with Crippen LogP contribution in [0.15, 0.2) is 30.3 Å². The Morgan fingerprint density at radius 2 is 1.80 bits per heavy atom. The van der Waals surface area contributed by atoms with Gasteiger partial charge in [-0.25, -0.2) is 0 Å². The number of hydrogen-bond donors (Lipinski definition) is 1. The van der Waals surface area contributed by atoms with Gasteiger partial charge in [-0.15, -0.1) is 0 Å². The molecule has 0 unspecified atom stereocenters. The lowest BCUT2D eigenvalue weighted by atomic mass is 10.1. The molecule has 4 nitrogen and oxygen atoms in total. The molecule has 1 N–H and O–H groups in total. The van der Waals surface area contributed by atoms with Gasteiger partial charge >= 0.3 is 0 Å². The maximum absolute atomic E-state index is 11.3. The average molecular weight is 205 g/mol. The van der Waals surface area contributed by atoms with Crippen LogP contribution in [-0.2, 0) is 20.8 Å². The highest BCUT2D eigenvalue weighted by Crippen LogP contribution is 1.99. The largest absolute Gasteiger partial charge is 0.340 e. The first-order valence-corrected chi connectivity index (χ1v) is 4.50. The summed E-state index contributed by atoms with van der Waals surface area (Å²) in [5, 5.41) is 2.29. The molecule has 1 aromatic rings. The lowest BCUT2D eigenvalue weighted by molar-refractivity contribution is -0.126. The lowest BCUT2D eigenvalue weighted by Crippen LogP contribution is -2.37. The standard InChI is InChI=1S/C11H11NO3/c13-7-10(8-14)12-11(15)6-9-4-2-1-3-5-9/h1-5,7-8,10H,6H2,(H,12,15). The van der Waals surface area contributed by atoms with Crippen molar-refractivity contribution in [1.82, 2.24) is 5.32 Å². The Morgan fingerprint density at radius 3 is 2.33 bits per heavy atom. The summed E-state index contributed by atoms with van der Waals surface area (Å²) in [6.45, 7) is 0. The molecule has 15 heavy (non-hydrogen) atoms. The van der Waals surface area contributed by atoms with Crippen molar-refractivity contribution in [2.45, 2.75) is 12.5 Å². The molecule has 0 fully saturated rings. The summed E-state index contributed by atoms with van der Waals surface area (Å²) in [5.41, 5.74) is 0.838. The smallest absolute Gasteiger partial charge is 0.225 e. The molecule has 0 saturated heterocycles. The van der Waals surface area contributed by atoms with E-state index in [1.165, 1.54) is 0 Å². The van der Waals surface area contributed by atoms with E-state index in [2.05, 4.69) is 5.32 Å². The molecule has 1 amide bonds. The third-order valence-electron chi connectivity index (χ3n) is 1.83. The van der Waals surface area contributed by atoms with Gasteiger partial charge in [0.2, 0.25) is 5.91 Å². The number of carbonyl (C=O) groups excluding carboxylic acids is 3. The fourth-order valence-electron chi connectivity index (χ4n) is 1.12. The van der Waals surface area contributed by atoms with E-state index >= 15 is 0 Å². The van der Waals surface area contributed by atoms with Crippen molar-refractivity contribution in [3.63, 3.8) is 0 Å². The molecule has 4 heteroatoms. The average Bonchev–Trinajstić information content (AvgIpc) is 2.27. The summed E-state index contributed by atoms with van der Waals surface area (Å²) in [6, 6.07) is 8.05. The van der Waals surface area contributed by atoms with Crippen molar-refractivity contribution < 1.29 is 14.4 Å². The van der Waals surface area contributed by atoms with Crippen molar-refractivity contribution in [3.8, 4) is 0 Å². The molecule has 0 radical (unpaired) electrons. The van der Waals surface area contributed by atoms with Gasteiger partial charge in [0, 0.05) is 0 Å². The molecule has 0 aliphatic carbocycles. The Kier molecular flexibility index (Phi) is 4.22. The van der Waals surface area contributed by atoms with Crippen LogP contribution in [-0.4, -0.2) is 24.5 Å². The molecule has 0 spiro atoms. The molecule has 0 aromatic heterocycles. The predicted molar refractivity (Wildman–Crippen MR) is 54.2 cm³/mol. The molecule has 0 heterocycles. The van der Waals surface area contributed by atoms with E-state index in [0.717, 1.165) is 5.56 Å². The Bertz CT molecular complexity index is 340. The first-order chi connectivity index (χ1) is 7.26. The van der Waals surface area contributed by atoms with Gasteiger partial charge in [0.1, 0.15) is 18.6 Å². The fraction of sp³-hybridized carbons (Fsp3) is 0.182. The molecule has 1 rings (SSSR count). The van der Waals surface area contributed by atoms with E-state index < -0.39 is 6.04 Å². The summed E-state index contributed by atoms with van der Waals surface area (Å²) in [7, 11) is 0. The van der Waals surface area contributed by atoms with Crippen molar-refractivity contribution in [1.29, 1.82) is 0 Å². The van der Waals surface area contributed by atoms with Gasteiger partial charge < -0.3 is 14.9 Å². The maximum atomic E-state index is 11.3. The number of hydrogen-bond acceptors (Lipinski definition) is 3. The third kappa shape index (κ3) is 3.72. The SMILES string of the molecule is O=CC(C=O)NC(=O)Cc1ccccc1. The van der Waals surface area contributed by atoms with Crippen LogP contribution in [0.25, 0.3) is 0 Å². The molecule has 0 aliphatic rings. The number of benzene rings is 1. The Labute approximate surface area is 87.3 Å². The van der Waals surface area contributed by atoms with Gasteiger partial charge in [-0.3, -0.25) is 4.79 Å². The Hall–Kier alpha value is -1.97. The number of rotatable bonds is 5.